The lowest BCUT2D eigenvalue weighted by atomic mass is 10.4. The van der Waals surface area contributed by atoms with E-state index in [0.29, 0.717) is 0 Å². The molecule has 0 bridgehead atoms. The van der Waals surface area contributed by atoms with Crippen LogP contribution >= 0.6 is 11.8 Å². The Labute approximate surface area is 69.2 Å². The van der Waals surface area contributed by atoms with Crippen molar-refractivity contribution in [3.05, 3.63) is 30.1 Å². The van der Waals surface area contributed by atoms with Crippen molar-refractivity contribution in [3.8, 4) is 0 Å². The first kappa shape index (κ1) is 8.56. The summed E-state index contributed by atoms with van der Waals surface area (Å²) in [6.07, 6.45) is 0. The van der Waals surface area contributed by atoms with Crippen LogP contribution in [0.5, 0.6) is 0 Å². The molecule has 0 aliphatic carbocycles. The average Bonchev–Trinajstić information content (AvgIpc) is 1.85. The normalized spacial score (nSPS) is 13.0. The lowest BCUT2D eigenvalue weighted by Gasteiger charge is -2.02. The van der Waals surface area contributed by atoms with Crippen LogP contribution < -0.4 is 0 Å². The largest absolute Gasteiger partial charge is 0.382 e. The quantitative estimate of drug-likeness (QED) is 0.545. The van der Waals surface area contributed by atoms with Crippen molar-refractivity contribution in [1.82, 2.24) is 0 Å². The third-order valence-corrected chi connectivity index (χ3v) is 1.97. The van der Waals surface area contributed by atoms with Gasteiger partial charge in [0, 0.05) is 4.90 Å². The molecule has 11 heavy (non-hydrogen) atoms. The lowest BCUT2D eigenvalue weighted by molar-refractivity contribution is 0.284. The maximum Gasteiger partial charge on any atom is 0.124 e. The molecule has 0 spiro atoms. The number of aliphatic hydroxyl groups excluding tert-OH is 1. The fraction of sp³-hybridized carbons (Fsp3) is 0.250. The fourth-order valence-electron chi connectivity index (χ4n) is 0.737. The van der Waals surface area contributed by atoms with Gasteiger partial charge < -0.3 is 5.11 Å². The minimum atomic E-state index is -0.489. The molecule has 0 heterocycles. The summed E-state index contributed by atoms with van der Waals surface area (Å²) in [6, 6.07) is 6.17. The summed E-state index contributed by atoms with van der Waals surface area (Å²) < 4.78 is 12.5. The van der Waals surface area contributed by atoms with E-state index >= 15 is 0 Å². The van der Waals surface area contributed by atoms with Gasteiger partial charge in [0.05, 0.1) is 0 Å². The summed E-state index contributed by atoms with van der Waals surface area (Å²) >= 11 is 1.23. The highest BCUT2D eigenvalue weighted by molar-refractivity contribution is 7.99. The number of hydrogen-bond donors (Lipinski definition) is 1. The van der Waals surface area contributed by atoms with E-state index in [0.717, 1.165) is 4.90 Å². The van der Waals surface area contributed by atoms with E-state index in [2.05, 4.69) is 0 Å². The van der Waals surface area contributed by atoms with Crippen LogP contribution in [0.3, 0.4) is 0 Å². The Kier molecular flexibility index (Phi) is 2.91. The van der Waals surface area contributed by atoms with Crippen molar-refractivity contribution >= 4 is 11.8 Å². The highest BCUT2D eigenvalue weighted by Crippen LogP contribution is 2.21. The molecule has 0 aromatic heterocycles. The monoisotopic (exact) mass is 172 g/mol. The van der Waals surface area contributed by atoms with Crippen molar-refractivity contribution in [2.24, 2.45) is 0 Å². The van der Waals surface area contributed by atoms with Crippen LogP contribution in [0.1, 0.15) is 6.92 Å². The second kappa shape index (κ2) is 3.74. The standard InChI is InChI=1S/C8H9FOS/c1-6(10)11-8-4-2-3-7(9)5-8/h2-6,10H,1H3/t6-/m0/s1. The fourth-order valence-corrected chi connectivity index (χ4v) is 1.47. The molecule has 1 nitrogen and oxygen atoms in total. The number of benzene rings is 1. The van der Waals surface area contributed by atoms with E-state index in [9.17, 15) is 4.39 Å². The Balaban J connectivity index is 2.71. The molecule has 0 saturated carbocycles. The van der Waals surface area contributed by atoms with E-state index in [1.54, 1.807) is 19.1 Å². The van der Waals surface area contributed by atoms with Gasteiger partial charge in [-0.15, -0.1) is 0 Å². The van der Waals surface area contributed by atoms with Crippen molar-refractivity contribution in [1.29, 1.82) is 0 Å². The highest BCUT2D eigenvalue weighted by Gasteiger charge is 1.99. The molecule has 0 amide bonds. The summed E-state index contributed by atoms with van der Waals surface area (Å²) in [5.74, 6) is -0.268. The molecule has 0 aliphatic heterocycles. The zero-order valence-corrected chi connectivity index (χ0v) is 6.94. The minimum absolute atomic E-state index is 0.268. The van der Waals surface area contributed by atoms with E-state index < -0.39 is 5.44 Å². The second-order valence-electron chi connectivity index (χ2n) is 2.17. The number of hydrogen-bond acceptors (Lipinski definition) is 2. The summed E-state index contributed by atoms with van der Waals surface area (Å²) in [5, 5.41) is 8.94. The molecule has 0 radical (unpaired) electrons. The first-order chi connectivity index (χ1) is 5.18. The summed E-state index contributed by atoms with van der Waals surface area (Å²) in [7, 11) is 0. The van der Waals surface area contributed by atoms with Crippen molar-refractivity contribution in [2.75, 3.05) is 0 Å². The highest BCUT2D eigenvalue weighted by atomic mass is 32.2. The maximum atomic E-state index is 12.5. The van der Waals surface area contributed by atoms with Gasteiger partial charge in [-0.3, -0.25) is 0 Å². The molecule has 1 rings (SSSR count). The van der Waals surface area contributed by atoms with Crippen molar-refractivity contribution in [2.45, 2.75) is 17.3 Å². The molecular weight excluding hydrogens is 163 g/mol. The SMILES string of the molecule is C[C@@H](O)Sc1cccc(F)c1. The second-order valence-corrected chi connectivity index (χ2v) is 3.56. The average molecular weight is 172 g/mol. The maximum absolute atomic E-state index is 12.5. The zero-order chi connectivity index (χ0) is 8.27. The van der Waals surface area contributed by atoms with Crippen LogP contribution in [-0.4, -0.2) is 10.5 Å². The topological polar surface area (TPSA) is 20.2 Å². The van der Waals surface area contributed by atoms with Gasteiger partial charge in [-0.1, -0.05) is 17.8 Å². The molecule has 0 unspecified atom stereocenters. The van der Waals surface area contributed by atoms with Crippen molar-refractivity contribution in [3.63, 3.8) is 0 Å². The molecule has 0 fully saturated rings. The molecule has 0 aliphatic rings. The van der Waals surface area contributed by atoms with E-state index in [4.69, 9.17) is 5.11 Å². The summed E-state index contributed by atoms with van der Waals surface area (Å²) in [6.45, 7) is 1.65. The van der Waals surface area contributed by atoms with Gasteiger partial charge in [0.1, 0.15) is 11.3 Å². The van der Waals surface area contributed by atoms with Crippen LogP contribution in [0.15, 0.2) is 29.2 Å². The van der Waals surface area contributed by atoms with Crippen LogP contribution in [0.2, 0.25) is 0 Å². The predicted molar refractivity (Wildman–Crippen MR) is 43.9 cm³/mol. The Bertz CT molecular complexity index is 237. The summed E-state index contributed by atoms with van der Waals surface area (Å²) in [4.78, 5) is 0.750. The number of rotatable bonds is 2. The van der Waals surface area contributed by atoms with Gasteiger partial charge in [0.25, 0.3) is 0 Å². The molecule has 1 N–H and O–H groups in total. The van der Waals surface area contributed by atoms with Crippen LogP contribution in [0.25, 0.3) is 0 Å². The number of aliphatic hydroxyl groups is 1. The molecule has 3 heteroatoms. The molecular formula is C8H9FOS. The third-order valence-electron chi connectivity index (χ3n) is 1.10. The first-order valence-corrected chi connectivity index (χ1v) is 4.17. The zero-order valence-electron chi connectivity index (χ0n) is 6.12. The van der Waals surface area contributed by atoms with Gasteiger partial charge in [-0.25, -0.2) is 4.39 Å². The first-order valence-electron chi connectivity index (χ1n) is 3.29. The number of thioether (sulfide) groups is 1. The minimum Gasteiger partial charge on any atom is -0.382 e. The van der Waals surface area contributed by atoms with Gasteiger partial charge >= 0.3 is 0 Å². The number of halogens is 1. The Hall–Kier alpha value is -0.540. The Morgan fingerprint density at radius 3 is 2.82 bits per heavy atom. The van der Waals surface area contributed by atoms with Crippen LogP contribution in [0, 0.1) is 5.82 Å². The van der Waals surface area contributed by atoms with Gasteiger partial charge in [-0.2, -0.15) is 0 Å². The Morgan fingerprint density at radius 1 is 1.55 bits per heavy atom. The molecule has 0 saturated heterocycles. The van der Waals surface area contributed by atoms with E-state index in [1.165, 1.54) is 23.9 Å². The van der Waals surface area contributed by atoms with Gasteiger partial charge in [-0.05, 0) is 25.1 Å². The smallest absolute Gasteiger partial charge is 0.124 e. The molecule has 1 atom stereocenters. The predicted octanol–water partition coefficient (Wildman–Crippen LogP) is 2.26. The third kappa shape index (κ3) is 2.91. The van der Waals surface area contributed by atoms with Crippen LogP contribution in [0.4, 0.5) is 4.39 Å². The van der Waals surface area contributed by atoms with E-state index in [-0.39, 0.29) is 5.82 Å². The molecule has 60 valence electrons. The summed E-state index contributed by atoms with van der Waals surface area (Å²) in [5.41, 5.74) is -0.489. The van der Waals surface area contributed by atoms with Crippen LogP contribution in [-0.2, 0) is 0 Å². The molecule has 1 aromatic carbocycles. The molecule has 1 aromatic rings. The Morgan fingerprint density at radius 2 is 2.27 bits per heavy atom. The van der Waals surface area contributed by atoms with Gasteiger partial charge in [0.15, 0.2) is 0 Å². The lowest BCUT2D eigenvalue weighted by Crippen LogP contribution is -1.90. The van der Waals surface area contributed by atoms with E-state index in [1.807, 2.05) is 0 Å². The van der Waals surface area contributed by atoms with Gasteiger partial charge in [0.2, 0.25) is 0 Å². The van der Waals surface area contributed by atoms with Crippen molar-refractivity contribution < 1.29 is 9.50 Å².